The van der Waals surface area contributed by atoms with E-state index in [-0.39, 0.29) is 0 Å². The van der Waals surface area contributed by atoms with Gasteiger partial charge in [0.05, 0.1) is 16.6 Å². The van der Waals surface area contributed by atoms with Gasteiger partial charge in [-0.25, -0.2) is 9.97 Å². The topological polar surface area (TPSA) is 43.6 Å². The smallest absolute Gasteiger partial charge is 0.180 e. The molecule has 200 valence electrons. The van der Waals surface area contributed by atoms with Gasteiger partial charge in [0.25, 0.3) is 0 Å². The van der Waals surface area contributed by atoms with Gasteiger partial charge in [0, 0.05) is 22.4 Å². The maximum absolute atomic E-state index is 5.20. The molecule has 0 bridgehead atoms. The van der Waals surface area contributed by atoms with Crippen LogP contribution in [-0.4, -0.2) is 19.5 Å². The van der Waals surface area contributed by atoms with Gasteiger partial charge in [-0.3, -0.25) is 9.55 Å². The molecule has 0 N–H and O–H groups in total. The molecule has 3 aromatic heterocycles. The Kier molecular flexibility index (Phi) is 5.16. The first kappa shape index (κ1) is 23.8. The highest BCUT2D eigenvalue weighted by atomic mass is 15.1. The van der Waals surface area contributed by atoms with E-state index in [0.717, 1.165) is 33.4 Å². The fourth-order valence-corrected chi connectivity index (χ4v) is 6.32. The minimum atomic E-state index is 0.609. The lowest BCUT2D eigenvalue weighted by molar-refractivity contribution is 1.07. The molecule has 0 aliphatic carbocycles. The Balaban J connectivity index is 1.38. The third kappa shape index (κ3) is 3.81. The average molecular weight is 549 g/mol. The minimum Gasteiger partial charge on any atom is -0.293 e. The van der Waals surface area contributed by atoms with Gasteiger partial charge in [-0.1, -0.05) is 84.9 Å². The molecule has 0 spiro atoms. The highest BCUT2D eigenvalue weighted by Crippen LogP contribution is 2.38. The number of benzene rings is 6. The van der Waals surface area contributed by atoms with E-state index in [1.807, 2.05) is 30.3 Å². The zero-order valence-corrected chi connectivity index (χ0v) is 23.1. The summed E-state index contributed by atoms with van der Waals surface area (Å²) < 4.78 is 2.30. The Bertz CT molecular complexity index is 2510. The van der Waals surface area contributed by atoms with Crippen LogP contribution in [0, 0.1) is 0 Å². The first-order valence-corrected chi connectivity index (χ1v) is 14.4. The molecule has 0 saturated heterocycles. The van der Waals surface area contributed by atoms with E-state index >= 15 is 0 Å². The van der Waals surface area contributed by atoms with Crippen LogP contribution in [0.25, 0.3) is 82.7 Å². The van der Waals surface area contributed by atoms with Crippen LogP contribution >= 0.6 is 0 Å². The van der Waals surface area contributed by atoms with Gasteiger partial charge in [-0.05, 0) is 87.3 Å². The van der Waals surface area contributed by atoms with Gasteiger partial charge in [0.2, 0.25) is 0 Å². The molecule has 4 nitrogen and oxygen atoms in total. The summed E-state index contributed by atoms with van der Waals surface area (Å²) in [6.07, 6.45) is 1.79. The molecule has 0 aliphatic heterocycles. The molecule has 6 aromatic carbocycles. The van der Waals surface area contributed by atoms with Gasteiger partial charge in [0.1, 0.15) is 11.5 Å². The van der Waals surface area contributed by atoms with E-state index in [1.165, 1.54) is 43.4 Å². The van der Waals surface area contributed by atoms with Crippen LogP contribution in [0.5, 0.6) is 0 Å². The fourth-order valence-electron chi connectivity index (χ4n) is 6.32. The maximum Gasteiger partial charge on any atom is 0.180 e. The van der Waals surface area contributed by atoms with Crippen LogP contribution in [0.2, 0.25) is 0 Å². The Morgan fingerprint density at radius 1 is 0.442 bits per heavy atom. The Morgan fingerprint density at radius 2 is 1.12 bits per heavy atom. The van der Waals surface area contributed by atoms with Crippen molar-refractivity contribution in [2.45, 2.75) is 0 Å². The zero-order valence-electron chi connectivity index (χ0n) is 23.1. The molecule has 0 unspecified atom stereocenters. The second-order valence-corrected chi connectivity index (χ2v) is 10.9. The average Bonchev–Trinajstić information content (AvgIpc) is 3.39. The predicted octanol–water partition coefficient (Wildman–Crippen LogP) is 9.76. The lowest BCUT2D eigenvalue weighted by Gasteiger charge is -2.13. The summed E-state index contributed by atoms with van der Waals surface area (Å²) >= 11 is 0. The van der Waals surface area contributed by atoms with Crippen molar-refractivity contribution in [3.8, 4) is 28.5 Å². The highest BCUT2D eigenvalue weighted by Gasteiger charge is 2.19. The lowest BCUT2D eigenvalue weighted by Crippen LogP contribution is -2.03. The third-order valence-electron chi connectivity index (χ3n) is 8.40. The molecule has 0 fully saturated rings. The summed E-state index contributed by atoms with van der Waals surface area (Å²) in [4.78, 5) is 14.7. The van der Waals surface area contributed by atoms with Crippen LogP contribution in [0.15, 0.2) is 146 Å². The largest absolute Gasteiger partial charge is 0.293 e. The Labute approximate surface area is 247 Å². The summed E-state index contributed by atoms with van der Waals surface area (Å²) in [7, 11) is 0. The van der Waals surface area contributed by atoms with E-state index in [9.17, 15) is 0 Å². The number of pyridine rings is 1. The SMILES string of the molecule is c1ccc(-c2nc(-n3c4ccc(-c5ccc6ccccc6c5)cc4c4cc5ccccc5cc43)c3ccccc3n2)nc1. The van der Waals surface area contributed by atoms with Crippen molar-refractivity contribution < 1.29 is 0 Å². The second-order valence-electron chi connectivity index (χ2n) is 10.9. The molecule has 9 aromatic rings. The fraction of sp³-hybridized carbons (Fsp3) is 0. The van der Waals surface area contributed by atoms with E-state index in [0.29, 0.717) is 5.82 Å². The van der Waals surface area contributed by atoms with E-state index in [2.05, 4.69) is 119 Å². The Morgan fingerprint density at radius 3 is 1.95 bits per heavy atom. The quantitative estimate of drug-likeness (QED) is 0.221. The predicted molar refractivity (Wildman–Crippen MR) is 178 cm³/mol. The molecule has 0 saturated carbocycles. The number of rotatable bonds is 3. The second kappa shape index (κ2) is 9.33. The molecule has 0 atom stereocenters. The molecule has 0 radical (unpaired) electrons. The first-order chi connectivity index (χ1) is 21.3. The van der Waals surface area contributed by atoms with Gasteiger partial charge in [-0.15, -0.1) is 0 Å². The van der Waals surface area contributed by atoms with Crippen molar-refractivity contribution in [2.24, 2.45) is 0 Å². The summed E-state index contributed by atoms with van der Waals surface area (Å²) in [6, 6.07) is 49.3. The Hall–Kier alpha value is -5.87. The number of nitrogens with zero attached hydrogens (tertiary/aromatic N) is 4. The summed E-state index contributed by atoms with van der Waals surface area (Å²) in [5.74, 6) is 1.46. The minimum absolute atomic E-state index is 0.609. The molecular weight excluding hydrogens is 524 g/mol. The summed E-state index contributed by atoms with van der Waals surface area (Å²) in [5, 5.41) is 8.27. The van der Waals surface area contributed by atoms with Gasteiger partial charge < -0.3 is 0 Å². The monoisotopic (exact) mass is 548 g/mol. The van der Waals surface area contributed by atoms with Crippen molar-refractivity contribution in [2.75, 3.05) is 0 Å². The number of para-hydroxylation sites is 1. The van der Waals surface area contributed by atoms with Gasteiger partial charge in [0.15, 0.2) is 5.82 Å². The van der Waals surface area contributed by atoms with Crippen molar-refractivity contribution in [3.05, 3.63) is 146 Å². The molecule has 9 rings (SSSR count). The molecule has 3 heterocycles. The van der Waals surface area contributed by atoms with E-state index in [1.54, 1.807) is 6.20 Å². The van der Waals surface area contributed by atoms with Crippen LogP contribution < -0.4 is 0 Å². The van der Waals surface area contributed by atoms with Crippen molar-refractivity contribution >= 4 is 54.3 Å². The number of aromatic nitrogens is 4. The first-order valence-electron chi connectivity index (χ1n) is 14.4. The highest BCUT2D eigenvalue weighted by molar-refractivity contribution is 6.15. The maximum atomic E-state index is 5.20. The van der Waals surface area contributed by atoms with Gasteiger partial charge in [-0.2, -0.15) is 0 Å². The summed E-state index contributed by atoms with van der Waals surface area (Å²) in [5.41, 5.74) is 6.24. The van der Waals surface area contributed by atoms with Crippen LogP contribution in [0.1, 0.15) is 0 Å². The zero-order chi connectivity index (χ0) is 28.3. The lowest BCUT2D eigenvalue weighted by atomic mass is 9.99. The molecule has 0 aliphatic rings. The molecule has 4 heteroatoms. The normalized spacial score (nSPS) is 11.7. The number of hydrogen-bond donors (Lipinski definition) is 0. The van der Waals surface area contributed by atoms with Crippen molar-refractivity contribution in [1.29, 1.82) is 0 Å². The van der Waals surface area contributed by atoms with Crippen LogP contribution in [-0.2, 0) is 0 Å². The van der Waals surface area contributed by atoms with Gasteiger partial charge >= 0.3 is 0 Å². The molecule has 0 amide bonds. The number of hydrogen-bond acceptors (Lipinski definition) is 3. The van der Waals surface area contributed by atoms with E-state index < -0.39 is 0 Å². The third-order valence-corrected chi connectivity index (χ3v) is 8.40. The molecular formula is C39H24N4. The van der Waals surface area contributed by atoms with Crippen LogP contribution in [0.4, 0.5) is 0 Å². The van der Waals surface area contributed by atoms with Crippen molar-refractivity contribution in [1.82, 2.24) is 19.5 Å². The molecule has 43 heavy (non-hydrogen) atoms. The van der Waals surface area contributed by atoms with Crippen molar-refractivity contribution in [3.63, 3.8) is 0 Å². The summed E-state index contributed by atoms with van der Waals surface area (Å²) in [6.45, 7) is 0. The number of fused-ring (bicyclic) bond motifs is 6. The standard InChI is InChI=1S/C39H24N4/c1-2-10-26-21-29(17-16-25(26)9-1)30-18-19-36-32(23-30)33-22-27-11-3-4-12-28(27)24-37(33)43(36)39-31-13-5-6-14-34(31)41-38(42-39)35-15-7-8-20-40-35/h1-24H. The van der Waals surface area contributed by atoms with E-state index in [4.69, 9.17) is 9.97 Å². The van der Waals surface area contributed by atoms with Crippen LogP contribution in [0.3, 0.4) is 0 Å².